The Morgan fingerprint density at radius 1 is 0.611 bits per heavy atom. The van der Waals surface area contributed by atoms with E-state index in [-0.39, 0.29) is 12.1 Å². The molecule has 0 rings (SSSR count). The maximum Gasteiger partial charge on any atom is 0.306 e. The van der Waals surface area contributed by atoms with Crippen LogP contribution in [0.5, 0.6) is 0 Å². The van der Waals surface area contributed by atoms with Gasteiger partial charge >= 0.3 is 5.97 Å². The van der Waals surface area contributed by atoms with Gasteiger partial charge in [-0.1, -0.05) is 116 Å². The van der Waals surface area contributed by atoms with E-state index < -0.39 is 0 Å². The Morgan fingerprint density at radius 3 is 1.47 bits per heavy atom. The highest BCUT2D eigenvalue weighted by Crippen LogP contribution is 2.18. The highest BCUT2D eigenvalue weighted by molar-refractivity contribution is 5.69. The fourth-order valence-electron chi connectivity index (χ4n) is 4.82. The van der Waals surface area contributed by atoms with Crippen molar-refractivity contribution in [3.05, 3.63) is 12.2 Å². The van der Waals surface area contributed by atoms with E-state index >= 15 is 0 Å². The molecule has 1 unspecified atom stereocenters. The maximum absolute atomic E-state index is 12.4. The molecule has 0 fully saturated rings. The molecule has 0 amide bonds. The fourth-order valence-corrected chi connectivity index (χ4v) is 4.82. The molecule has 0 spiro atoms. The van der Waals surface area contributed by atoms with E-state index in [0.29, 0.717) is 6.42 Å². The second-order valence-electron chi connectivity index (χ2n) is 11.3. The van der Waals surface area contributed by atoms with Crippen molar-refractivity contribution in [1.29, 1.82) is 0 Å². The largest absolute Gasteiger partial charge is 0.462 e. The third kappa shape index (κ3) is 27.8. The van der Waals surface area contributed by atoms with Crippen molar-refractivity contribution in [3.8, 4) is 0 Å². The average Bonchev–Trinajstić information content (AvgIpc) is 2.85. The van der Waals surface area contributed by atoms with Crippen LogP contribution in [0.2, 0.25) is 0 Å². The molecule has 0 radical (unpaired) electrons. The van der Waals surface area contributed by atoms with Crippen molar-refractivity contribution in [2.75, 3.05) is 20.6 Å². The van der Waals surface area contributed by atoms with E-state index in [4.69, 9.17) is 4.74 Å². The van der Waals surface area contributed by atoms with Gasteiger partial charge in [0.05, 0.1) is 0 Å². The highest BCUT2D eigenvalue weighted by Gasteiger charge is 2.14. The van der Waals surface area contributed by atoms with E-state index in [2.05, 4.69) is 45.0 Å². The predicted octanol–water partition coefficient (Wildman–Crippen LogP) is 10.4. The second kappa shape index (κ2) is 28.7. The molecule has 0 N–H and O–H groups in total. The lowest BCUT2D eigenvalue weighted by molar-refractivity contribution is -0.150. The molecule has 1 atom stereocenters. The summed E-state index contributed by atoms with van der Waals surface area (Å²) in [7, 11) is 4.11. The summed E-state index contributed by atoms with van der Waals surface area (Å²) < 4.78 is 5.93. The second-order valence-corrected chi connectivity index (χ2v) is 11.3. The molecule has 36 heavy (non-hydrogen) atoms. The quantitative estimate of drug-likeness (QED) is 0.0599. The zero-order valence-electron chi connectivity index (χ0n) is 25.2. The van der Waals surface area contributed by atoms with Crippen LogP contribution in [0.4, 0.5) is 0 Å². The summed E-state index contributed by atoms with van der Waals surface area (Å²) in [5.41, 5.74) is 0. The first-order valence-electron chi connectivity index (χ1n) is 16.1. The van der Waals surface area contributed by atoms with Crippen LogP contribution in [-0.4, -0.2) is 37.6 Å². The molecule has 3 heteroatoms. The molecule has 0 saturated heterocycles. The molecular weight excluding hydrogens is 442 g/mol. The van der Waals surface area contributed by atoms with Crippen molar-refractivity contribution in [2.45, 2.75) is 174 Å². The molecular formula is C33H65NO2. The maximum atomic E-state index is 12.4. The Kier molecular flexibility index (Phi) is 28.1. The minimum atomic E-state index is 0.0116. The van der Waals surface area contributed by atoms with Crippen LogP contribution in [0.1, 0.15) is 168 Å². The molecule has 0 aliphatic carbocycles. The predicted molar refractivity (Wildman–Crippen MR) is 160 cm³/mol. The Morgan fingerprint density at radius 2 is 1.03 bits per heavy atom. The minimum Gasteiger partial charge on any atom is -0.462 e. The Bertz CT molecular complexity index is 474. The summed E-state index contributed by atoms with van der Waals surface area (Å²) >= 11 is 0. The van der Waals surface area contributed by atoms with E-state index in [1.165, 1.54) is 128 Å². The van der Waals surface area contributed by atoms with E-state index in [1.807, 2.05) is 0 Å². The summed E-state index contributed by atoms with van der Waals surface area (Å²) in [6.07, 6.45) is 35.0. The fraction of sp³-hybridized carbons (Fsp3) is 0.909. The molecule has 0 saturated carbocycles. The third-order valence-electron chi connectivity index (χ3n) is 7.20. The van der Waals surface area contributed by atoms with Crippen LogP contribution in [0.3, 0.4) is 0 Å². The summed E-state index contributed by atoms with van der Waals surface area (Å²) in [6.45, 7) is 5.50. The van der Waals surface area contributed by atoms with Gasteiger partial charge in [-0.15, -0.1) is 0 Å². The van der Waals surface area contributed by atoms with Crippen LogP contribution >= 0.6 is 0 Å². The van der Waals surface area contributed by atoms with Crippen molar-refractivity contribution in [3.63, 3.8) is 0 Å². The number of carbonyl (C=O) groups excluding carboxylic acids is 1. The van der Waals surface area contributed by atoms with E-state index in [9.17, 15) is 4.79 Å². The van der Waals surface area contributed by atoms with Gasteiger partial charge in [-0.3, -0.25) is 4.79 Å². The normalized spacial score (nSPS) is 12.6. The van der Waals surface area contributed by atoms with Gasteiger partial charge in [0, 0.05) is 6.42 Å². The molecule has 0 aromatic heterocycles. The van der Waals surface area contributed by atoms with Crippen LogP contribution in [0.25, 0.3) is 0 Å². The standard InChI is InChI=1S/C33H65NO2/c1-5-7-9-11-13-14-15-16-17-18-19-20-22-24-26-29-32(28-25-23-21-12-10-8-6-2)36-33(35)30-27-31-34(3)4/h16-17,32H,5-15,18-31H2,1-4H3/b17-16+. The van der Waals surface area contributed by atoms with Gasteiger partial charge in [0.1, 0.15) is 6.10 Å². The average molecular weight is 508 g/mol. The summed E-state index contributed by atoms with van der Waals surface area (Å²) in [6, 6.07) is 0. The molecule has 3 nitrogen and oxygen atoms in total. The zero-order chi connectivity index (χ0) is 26.5. The monoisotopic (exact) mass is 508 g/mol. The topological polar surface area (TPSA) is 29.5 Å². The van der Waals surface area contributed by atoms with Gasteiger partial charge in [-0.2, -0.15) is 0 Å². The lowest BCUT2D eigenvalue weighted by atomic mass is 10.0. The van der Waals surface area contributed by atoms with Crippen LogP contribution in [-0.2, 0) is 9.53 Å². The Labute approximate surface area is 227 Å². The molecule has 0 bridgehead atoms. The van der Waals surface area contributed by atoms with Crippen LogP contribution < -0.4 is 0 Å². The summed E-state index contributed by atoms with van der Waals surface area (Å²) in [4.78, 5) is 14.5. The lowest BCUT2D eigenvalue weighted by Gasteiger charge is -2.18. The number of unbranched alkanes of at least 4 members (excludes halogenated alkanes) is 17. The molecule has 0 heterocycles. The summed E-state index contributed by atoms with van der Waals surface area (Å²) in [5.74, 6) is 0.0116. The van der Waals surface area contributed by atoms with Crippen molar-refractivity contribution < 1.29 is 9.53 Å². The first-order chi connectivity index (χ1) is 17.6. The van der Waals surface area contributed by atoms with Gasteiger partial charge in [-0.25, -0.2) is 0 Å². The smallest absolute Gasteiger partial charge is 0.306 e. The minimum absolute atomic E-state index is 0.0116. The number of carbonyl (C=O) groups is 1. The van der Waals surface area contributed by atoms with Crippen LogP contribution in [0, 0.1) is 0 Å². The first kappa shape index (κ1) is 35.2. The lowest BCUT2D eigenvalue weighted by Crippen LogP contribution is -2.20. The van der Waals surface area contributed by atoms with Gasteiger partial charge < -0.3 is 9.64 Å². The number of rotatable bonds is 28. The van der Waals surface area contributed by atoms with Crippen molar-refractivity contribution in [1.82, 2.24) is 4.90 Å². The molecule has 0 aliphatic heterocycles. The van der Waals surface area contributed by atoms with Crippen LogP contribution in [0.15, 0.2) is 12.2 Å². The van der Waals surface area contributed by atoms with E-state index in [1.54, 1.807) is 0 Å². The number of hydrogen-bond acceptors (Lipinski definition) is 3. The number of ether oxygens (including phenoxy) is 1. The molecule has 0 aromatic rings. The zero-order valence-corrected chi connectivity index (χ0v) is 25.2. The summed E-state index contributed by atoms with van der Waals surface area (Å²) in [5, 5.41) is 0. The molecule has 0 aromatic carbocycles. The van der Waals surface area contributed by atoms with Gasteiger partial charge in [0.25, 0.3) is 0 Å². The number of hydrogen-bond donors (Lipinski definition) is 0. The third-order valence-corrected chi connectivity index (χ3v) is 7.20. The van der Waals surface area contributed by atoms with E-state index in [0.717, 1.165) is 25.8 Å². The van der Waals surface area contributed by atoms with Gasteiger partial charge in [-0.05, 0) is 78.4 Å². The van der Waals surface area contributed by atoms with Gasteiger partial charge in [0.2, 0.25) is 0 Å². The Hall–Kier alpha value is -0.830. The SMILES string of the molecule is CCCCCCCC/C=C/CCCCCCCC(CCCCCCCCC)OC(=O)CCCN(C)C. The number of allylic oxidation sites excluding steroid dienone is 2. The molecule has 214 valence electrons. The van der Waals surface area contributed by atoms with Crippen molar-refractivity contribution >= 4 is 5.97 Å². The Balaban J connectivity index is 3.92. The first-order valence-corrected chi connectivity index (χ1v) is 16.1. The highest BCUT2D eigenvalue weighted by atomic mass is 16.5. The number of esters is 1. The molecule has 0 aliphatic rings. The van der Waals surface area contributed by atoms with Gasteiger partial charge in [0.15, 0.2) is 0 Å². The number of nitrogens with zero attached hydrogens (tertiary/aromatic N) is 1. The van der Waals surface area contributed by atoms with Crippen molar-refractivity contribution in [2.24, 2.45) is 0 Å².